The molecule has 1 amide bonds. The number of aryl methyl sites for hydroxylation is 1. The molecule has 0 aliphatic carbocycles. The molecule has 0 saturated carbocycles. The van der Waals surface area contributed by atoms with E-state index in [-0.39, 0.29) is 36.5 Å². The minimum atomic E-state index is -3.01. The maximum atomic E-state index is 12.6. The number of likely N-dealkylation sites (tertiary alicyclic amines) is 1. The summed E-state index contributed by atoms with van der Waals surface area (Å²) in [5.41, 5.74) is 3.04. The number of amides is 1. The second-order valence-corrected chi connectivity index (χ2v) is 10.7. The molecule has 4 rings (SSSR count). The first kappa shape index (κ1) is 21.8. The van der Waals surface area contributed by atoms with Crippen LogP contribution in [0.2, 0.25) is 0 Å². The first-order valence-corrected chi connectivity index (χ1v) is 12.7. The molecule has 2 saturated heterocycles. The van der Waals surface area contributed by atoms with Gasteiger partial charge in [0.2, 0.25) is 0 Å². The van der Waals surface area contributed by atoms with Gasteiger partial charge in [0.1, 0.15) is 5.82 Å². The zero-order valence-corrected chi connectivity index (χ0v) is 18.8. The Labute approximate surface area is 184 Å². The van der Waals surface area contributed by atoms with Crippen LogP contribution in [0.4, 0.5) is 5.82 Å². The van der Waals surface area contributed by atoms with Gasteiger partial charge in [0.25, 0.3) is 5.91 Å². The molecule has 2 aliphatic heterocycles. The molecule has 2 aliphatic rings. The molecule has 0 bridgehead atoms. The van der Waals surface area contributed by atoms with Gasteiger partial charge in [0.05, 0.1) is 23.1 Å². The molecule has 1 aromatic carbocycles. The molecule has 1 unspecified atom stereocenters. The molecule has 0 spiro atoms. The molecule has 166 valence electrons. The minimum absolute atomic E-state index is 0.0305. The fourth-order valence-corrected chi connectivity index (χ4v) is 5.43. The Morgan fingerprint density at radius 2 is 1.71 bits per heavy atom. The number of carbonyl (C=O) groups excluding carboxylic acids is 1. The summed E-state index contributed by atoms with van der Waals surface area (Å²) in [6, 6.07) is 12.6. The Morgan fingerprint density at radius 3 is 2.32 bits per heavy atom. The number of nitrogens with one attached hydrogen (secondary N) is 1. The maximum absolute atomic E-state index is 12.6. The van der Waals surface area contributed by atoms with Crippen LogP contribution in [0.25, 0.3) is 0 Å². The third-order valence-corrected chi connectivity index (χ3v) is 7.77. The molecule has 2 fully saturated rings. The summed E-state index contributed by atoms with van der Waals surface area (Å²) in [6.07, 6.45) is 4.04. The molecule has 2 aromatic rings. The fourth-order valence-electron chi connectivity index (χ4n) is 4.22. The van der Waals surface area contributed by atoms with Gasteiger partial charge in [-0.2, -0.15) is 0 Å². The Kier molecular flexibility index (Phi) is 6.57. The average molecular weight is 443 g/mol. The van der Waals surface area contributed by atoms with Crippen molar-refractivity contribution in [3.05, 3.63) is 59.3 Å². The number of nitrogens with zero attached hydrogens (tertiary/aromatic N) is 3. The van der Waals surface area contributed by atoms with Crippen molar-refractivity contribution >= 4 is 21.6 Å². The van der Waals surface area contributed by atoms with E-state index in [0.29, 0.717) is 5.56 Å². The molecule has 8 heteroatoms. The minimum Gasteiger partial charge on any atom is -0.368 e. The van der Waals surface area contributed by atoms with Crippen LogP contribution < -0.4 is 5.32 Å². The van der Waals surface area contributed by atoms with E-state index in [0.717, 1.165) is 25.5 Å². The third-order valence-electron chi connectivity index (χ3n) is 6.16. The normalized spacial score (nSPS) is 19.8. The first-order valence-electron chi connectivity index (χ1n) is 10.9. The SMILES string of the molecule is Cc1ccc(C(CNc2ccc(C(=O)N3CCS(=O)(=O)CC3)cn2)N2CCCC2)cc1. The number of benzene rings is 1. The highest BCUT2D eigenvalue weighted by Gasteiger charge is 2.26. The van der Waals surface area contributed by atoms with Crippen LogP contribution >= 0.6 is 0 Å². The summed E-state index contributed by atoms with van der Waals surface area (Å²) in [5.74, 6) is 0.628. The first-order chi connectivity index (χ1) is 14.9. The second kappa shape index (κ2) is 9.36. The summed E-state index contributed by atoms with van der Waals surface area (Å²) in [4.78, 5) is 21.2. The summed E-state index contributed by atoms with van der Waals surface area (Å²) >= 11 is 0. The molecule has 1 atom stereocenters. The zero-order chi connectivity index (χ0) is 21.8. The Morgan fingerprint density at radius 1 is 1.03 bits per heavy atom. The quantitative estimate of drug-likeness (QED) is 0.740. The van der Waals surface area contributed by atoms with Crippen molar-refractivity contribution in [2.24, 2.45) is 0 Å². The van der Waals surface area contributed by atoms with E-state index in [1.807, 2.05) is 6.07 Å². The van der Waals surface area contributed by atoms with Gasteiger partial charge in [-0.05, 0) is 50.6 Å². The van der Waals surface area contributed by atoms with Crippen LogP contribution in [-0.2, 0) is 9.84 Å². The Balaban J connectivity index is 1.39. The van der Waals surface area contributed by atoms with E-state index < -0.39 is 9.84 Å². The number of anilines is 1. The van der Waals surface area contributed by atoms with Crippen LogP contribution in [0.15, 0.2) is 42.6 Å². The molecular formula is C23H30N4O3S. The smallest absolute Gasteiger partial charge is 0.255 e. The van der Waals surface area contributed by atoms with Crippen LogP contribution in [0.5, 0.6) is 0 Å². The van der Waals surface area contributed by atoms with Crippen molar-refractivity contribution in [3.63, 3.8) is 0 Å². The number of hydrogen-bond acceptors (Lipinski definition) is 6. The van der Waals surface area contributed by atoms with Gasteiger partial charge < -0.3 is 10.2 Å². The predicted molar refractivity (Wildman–Crippen MR) is 122 cm³/mol. The molecule has 1 N–H and O–H groups in total. The number of aromatic nitrogens is 1. The lowest BCUT2D eigenvalue weighted by Crippen LogP contribution is -2.43. The van der Waals surface area contributed by atoms with E-state index in [1.165, 1.54) is 24.0 Å². The molecule has 3 heterocycles. The highest BCUT2D eigenvalue weighted by molar-refractivity contribution is 7.91. The lowest BCUT2D eigenvalue weighted by Gasteiger charge is -2.28. The van der Waals surface area contributed by atoms with Crippen molar-refractivity contribution < 1.29 is 13.2 Å². The second-order valence-electron chi connectivity index (χ2n) is 8.43. The van der Waals surface area contributed by atoms with Crippen LogP contribution in [0.1, 0.15) is 40.4 Å². The predicted octanol–water partition coefficient (Wildman–Crippen LogP) is 2.51. The molecule has 7 nitrogen and oxygen atoms in total. The zero-order valence-electron chi connectivity index (χ0n) is 18.0. The molecule has 31 heavy (non-hydrogen) atoms. The topological polar surface area (TPSA) is 82.6 Å². The highest BCUT2D eigenvalue weighted by Crippen LogP contribution is 2.26. The van der Waals surface area contributed by atoms with E-state index in [9.17, 15) is 13.2 Å². The number of carbonyl (C=O) groups is 1. The van der Waals surface area contributed by atoms with Crippen molar-refractivity contribution in [3.8, 4) is 0 Å². The fraction of sp³-hybridized carbons (Fsp3) is 0.478. The van der Waals surface area contributed by atoms with Crippen LogP contribution in [-0.4, -0.2) is 73.3 Å². The average Bonchev–Trinajstić information content (AvgIpc) is 3.30. The largest absolute Gasteiger partial charge is 0.368 e. The van der Waals surface area contributed by atoms with E-state index in [4.69, 9.17) is 0 Å². The summed E-state index contributed by atoms with van der Waals surface area (Å²) in [6.45, 7) is 5.54. The third kappa shape index (κ3) is 5.43. The van der Waals surface area contributed by atoms with Crippen molar-refractivity contribution in [1.82, 2.24) is 14.8 Å². The van der Waals surface area contributed by atoms with Gasteiger partial charge in [0, 0.05) is 25.8 Å². The standard InChI is InChI=1S/C23H30N4O3S/c1-18-4-6-19(7-5-18)21(26-10-2-3-11-26)17-25-22-9-8-20(16-24-22)23(28)27-12-14-31(29,30)15-13-27/h4-9,16,21H,2-3,10-15,17H2,1H3,(H,24,25). The molecule has 1 aromatic heterocycles. The molecular weight excluding hydrogens is 412 g/mol. The van der Waals surface area contributed by atoms with E-state index in [2.05, 4.69) is 46.4 Å². The summed E-state index contributed by atoms with van der Waals surface area (Å²) in [7, 11) is -3.01. The van der Waals surface area contributed by atoms with Crippen LogP contribution in [0.3, 0.4) is 0 Å². The van der Waals surface area contributed by atoms with Gasteiger partial charge in [-0.1, -0.05) is 29.8 Å². The Hall–Kier alpha value is -2.45. The number of pyridine rings is 1. The summed E-state index contributed by atoms with van der Waals surface area (Å²) < 4.78 is 23.2. The van der Waals surface area contributed by atoms with Crippen molar-refractivity contribution in [2.45, 2.75) is 25.8 Å². The van der Waals surface area contributed by atoms with Crippen molar-refractivity contribution in [2.75, 3.05) is 49.5 Å². The lowest BCUT2D eigenvalue weighted by molar-refractivity contribution is 0.0770. The highest BCUT2D eigenvalue weighted by atomic mass is 32.2. The van der Waals surface area contributed by atoms with Gasteiger partial charge >= 0.3 is 0 Å². The Bertz CT molecular complexity index is 986. The maximum Gasteiger partial charge on any atom is 0.255 e. The van der Waals surface area contributed by atoms with Crippen molar-refractivity contribution in [1.29, 1.82) is 0 Å². The van der Waals surface area contributed by atoms with E-state index in [1.54, 1.807) is 17.2 Å². The monoisotopic (exact) mass is 442 g/mol. The van der Waals surface area contributed by atoms with Crippen LogP contribution in [0, 0.1) is 6.92 Å². The lowest BCUT2D eigenvalue weighted by atomic mass is 10.0. The number of sulfone groups is 1. The number of hydrogen-bond donors (Lipinski definition) is 1. The van der Waals surface area contributed by atoms with Gasteiger partial charge in [-0.15, -0.1) is 0 Å². The van der Waals surface area contributed by atoms with Gasteiger partial charge in [0.15, 0.2) is 9.84 Å². The summed E-state index contributed by atoms with van der Waals surface area (Å²) in [5, 5.41) is 3.43. The van der Waals surface area contributed by atoms with Gasteiger partial charge in [-0.3, -0.25) is 9.69 Å². The van der Waals surface area contributed by atoms with Gasteiger partial charge in [-0.25, -0.2) is 13.4 Å². The molecule has 0 radical (unpaired) electrons. The number of rotatable bonds is 6. The van der Waals surface area contributed by atoms with E-state index >= 15 is 0 Å².